The molecule has 0 fully saturated rings. The molecule has 2 rings (SSSR count). The summed E-state index contributed by atoms with van der Waals surface area (Å²) in [7, 11) is 1.92. The Kier molecular flexibility index (Phi) is 3.19. The van der Waals surface area contributed by atoms with Gasteiger partial charge >= 0.3 is 0 Å². The molecule has 0 amide bonds. The predicted molar refractivity (Wildman–Crippen MR) is 55.6 cm³/mol. The Labute approximate surface area is 88.3 Å². The molecular weight excluding hydrogens is 192 g/mol. The molecule has 0 spiro atoms. The highest BCUT2D eigenvalue weighted by atomic mass is 16.3. The Bertz CT molecular complexity index is 392. The summed E-state index contributed by atoms with van der Waals surface area (Å²) in [5, 5.41) is 3.07. The third-order valence-electron chi connectivity index (χ3n) is 2.14. The molecule has 0 aliphatic carbocycles. The van der Waals surface area contributed by atoms with E-state index in [-0.39, 0.29) is 0 Å². The van der Waals surface area contributed by atoms with Crippen LogP contribution < -0.4 is 5.32 Å². The number of hydrogen-bond donors (Lipinski definition) is 1. The molecule has 0 aliphatic heterocycles. The minimum atomic E-state index is 0.618. The lowest BCUT2D eigenvalue weighted by molar-refractivity contribution is 0.464. The molecule has 2 aromatic heterocycles. The Morgan fingerprint density at radius 2 is 2.33 bits per heavy atom. The van der Waals surface area contributed by atoms with Crippen molar-refractivity contribution >= 4 is 0 Å². The average Bonchev–Trinajstić information content (AvgIpc) is 2.87. The molecule has 0 saturated carbocycles. The second-order valence-corrected chi connectivity index (χ2v) is 3.34. The van der Waals surface area contributed by atoms with Gasteiger partial charge in [0.25, 0.3) is 0 Å². The second kappa shape index (κ2) is 4.79. The van der Waals surface area contributed by atoms with E-state index in [1.807, 2.05) is 19.2 Å². The largest absolute Gasteiger partial charge is 0.469 e. The normalized spacial score (nSPS) is 10.7. The SMILES string of the molecule is CNCCc1coc(Cc2ccco2)n1. The molecule has 15 heavy (non-hydrogen) atoms. The molecule has 0 aromatic carbocycles. The van der Waals surface area contributed by atoms with Crippen molar-refractivity contribution in [2.45, 2.75) is 12.8 Å². The molecule has 2 aromatic rings. The number of nitrogens with one attached hydrogen (secondary N) is 1. The van der Waals surface area contributed by atoms with Crippen LogP contribution in [0.15, 0.2) is 33.5 Å². The Hall–Kier alpha value is -1.55. The molecule has 0 aliphatic rings. The molecule has 0 saturated heterocycles. The van der Waals surface area contributed by atoms with Gasteiger partial charge in [0, 0.05) is 13.0 Å². The van der Waals surface area contributed by atoms with E-state index in [0.29, 0.717) is 12.3 Å². The van der Waals surface area contributed by atoms with Crippen molar-refractivity contribution in [2.24, 2.45) is 0 Å². The summed E-state index contributed by atoms with van der Waals surface area (Å²) in [6, 6.07) is 3.78. The fourth-order valence-corrected chi connectivity index (χ4v) is 1.36. The fourth-order valence-electron chi connectivity index (χ4n) is 1.36. The molecular formula is C11H14N2O2. The van der Waals surface area contributed by atoms with Gasteiger partial charge in [0.2, 0.25) is 5.89 Å². The molecule has 80 valence electrons. The van der Waals surface area contributed by atoms with E-state index in [4.69, 9.17) is 8.83 Å². The van der Waals surface area contributed by atoms with Gasteiger partial charge in [-0.05, 0) is 19.2 Å². The maximum Gasteiger partial charge on any atom is 0.201 e. The summed E-state index contributed by atoms with van der Waals surface area (Å²) in [5.74, 6) is 1.58. The van der Waals surface area contributed by atoms with E-state index in [1.54, 1.807) is 12.5 Å². The van der Waals surface area contributed by atoms with E-state index in [1.165, 1.54) is 0 Å². The quantitative estimate of drug-likeness (QED) is 0.807. The van der Waals surface area contributed by atoms with Crippen molar-refractivity contribution < 1.29 is 8.83 Å². The maximum absolute atomic E-state index is 5.34. The Morgan fingerprint density at radius 1 is 1.40 bits per heavy atom. The number of hydrogen-bond acceptors (Lipinski definition) is 4. The van der Waals surface area contributed by atoms with Crippen LogP contribution in [0, 0.1) is 0 Å². The number of nitrogens with zero attached hydrogens (tertiary/aromatic N) is 1. The minimum absolute atomic E-state index is 0.618. The van der Waals surface area contributed by atoms with Crippen molar-refractivity contribution in [3.8, 4) is 0 Å². The van der Waals surface area contributed by atoms with Crippen molar-refractivity contribution in [1.29, 1.82) is 0 Å². The summed E-state index contributed by atoms with van der Waals surface area (Å²) in [5.41, 5.74) is 0.978. The first-order chi connectivity index (χ1) is 7.38. The van der Waals surface area contributed by atoms with Crippen LogP contribution >= 0.6 is 0 Å². The average molecular weight is 206 g/mol. The minimum Gasteiger partial charge on any atom is -0.469 e. The zero-order valence-electron chi connectivity index (χ0n) is 8.69. The fraction of sp³-hybridized carbons (Fsp3) is 0.364. The van der Waals surface area contributed by atoms with Gasteiger partial charge in [0.1, 0.15) is 12.0 Å². The molecule has 0 bridgehead atoms. The molecule has 0 radical (unpaired) electrons. The van der Waals surface area contributed by atoms with Crippen LogP contribution in [0.4, 0.5) is 0 Å². The first-order valence-corrected chi connectivity index (χ1v) is 4.99. The number of furan rings is 1. The molecule has 0 atom stereocenters. The van der Waals surface area contributed by atoms with Gasteiger partial charge in [-0.15, -0.1) is 0 Å². The molecule has 1 N–H and O–H groups in total. The van der Waals surface area contributed by atoms with E-state index < -0.39 is 0 Å². The number of likely N-dealkylation sites (N-methyl/N-ethyl adjacent to an activating group) is 1. The maximum atomic E-state index is 5.34. The van der Waals surface area contributed by atoms with Crippen LogP contribution in [0.2, 0.25) is 0 Å². The van der Waals surface area contributed by atoms with E-state index in [0.717, 1.165) is 24.4 Å². The summed E-state index contributed by atoms with van der Waals surface area (Å²) in [6.45, 7) is 0.909. The standard InChI is InChI=1S/C11H14N2O2/c1-12-5-4-9-8-15-11(13-9)7-10-3-2-6-14-10/h2-3,6,8,12H,4-5,7H2,1H3. The summed E-state index contributed by atoms with van der Waals surface area (Å²) >= 11 is 0. The lowest BCUT2D eigenvalue weighted by Gasteiger charge is -1.92. The van der Waals surface area contributed by atoms with Crippen LogP contribution in [-0.2, 0) is 12.8 Å². The van der Waals surface area contributed by atoms with Gasteiger partial charge in [-0.25, -0.2) is 4.98 Å². The first kappa shape index (κ1) is 9.98. The van der Waals surface area contributed by atoms with Gasteiger partial charge in [0.15, 0.2) is 0 Å². The van der Waals surface area contributed by atoms with Crippen LogP contribution in [0.1, 0.15) is 17.3 Å². The van der Waals surface area contributed by atoms with Gasteiger partial charge < -0.3 is 14.2 Å². The summed E-state index contributed by atoms with van der Waals surface area (Å²) in [6.07, 6.45) is 4.86. The third kappa shape index (κ3) is 2.70. The van der Waals surface area contributed by atoms with E-state index in [2.05, 4.69) is 10.3 Å². The van der Waals surface area contributed by atoms with E-state index in [9.17, 15) is 0 Å². The van der Waals surface area contributed by atoms with Gasteiger partial charge in [-0.1, -0.05) is 0 Å². The highest BCUT2D eigenvalue weighted by molar-refractivity contribution is 5.06. The van der Waals surface area contributed by atoms with Crippen molar-refractivity contribution in [1.82, 2.24) is 10.3 Å². The zero-order valence-corrected chi connectivity index (χ0v) is 8.69. The number of oxazole rings is 1. The van der Waals surface area contributed by atoms with Crippen molar-refractivity contribution in [3.05, 3.63) is 42.0 Å². The number of rotatable bonds is 5. The molecule has 0 unspecified atom stereocenters. The highest BCUT2D eigenvalue weighted by Crippen LogP contribution is 2.09. The van der Waals surface area contributed by atoms with Gasteiger partial charge in [-0.2, -0.15) is 0 Å². The van der Waals surface area contributed by atoms with Gasteiger partial charge in [-0.3, -0.25) is 0 Å². The molecule has 4 heteroatoms. The lowest BCUT2D eigenvalue weighted by atomic mass is 10.3. The van der Waals surface area contributed by atoms with E-state index >= 15 is 0 Å². The lowest BCUT2D eigenvalue weighted by Crippen LogP contribution is -2.10. The van der Waals surface area contributed by atoms with Crippen LogP contribution in [0.3, 0.4) is 0 Å². The Morgan fingerprint density at radius 3 is 3.07 bits per heavy atom. The summed E-state index contributed by atoms with van der Waals surface area (Å²) in [4.78, 5) is 4.36. The summed E-state index contributed by atoms with van der Waals surface area (Å²) < 4.78 is 10.6. The van der Waals surface area contributed by atoms with Crippen molar-refractivity contribution in [3.63, 3.8) is 0 Å². The van der Waals surface area contributed by atoms with Crippen LogP contribution in [0.5, 0.6) is 0 Å². The Balaban J connectivity index is 1.95. The first-order valence-electron chi connectivity index (χ1n) is 4.99. The second-order valence-electron chi connectivity index (χ2n) is 3.34. The molecule has 2 heterocycles. The van der Waals surface area contributed by atoms with Crippen LogP contribution in [0.25, 0.3) is 0 Å². The number of aromatic nitrogens is 1. The monoisotopic (exact) mass is 206 g/mol. The predicted octanol–water partition coefficient (Wildman–Crippen LogP) is 1.62. The molecule has 4 nitrogen and oxygen atoms in total. The zero-order chi connectivity index (χ0) is 10.5. The van der Waals surface area contributed by atoms with Gasteiger partial charge in [0.05, 0.1) is 18.4 Å². The topological polar surface area (TPSA) is 51.2 Å². The van der Waals surface area contributed by atoms with Crippen LogP contribution in [-0.4, -0.2) is 18.6 Å². The highest BCUT2D eigenvalue weighted by Gasteiger charge is 2.06. The smallest absolute Gasteiger partial charge is 0.201 e. The third-order valence-corrected chi connectivity index (χ3v) is 2.14. The van der Waals surface area contributed by atoms with Crippen molar-refractivity contribution in [2.75, 3.05) is 13.6 Å².